The van der Waals surface area contributed by atoms with Gasteiger partial charge in [-0.1, -0.05) is 24.3 Å². The van der Waals surface area contributed by atoms with Gasteiger partial charge in [-0.3, -0.25) is 4.99 Å². The number of halogens is 1. The Balaban J connectivity index is 1.43. The number of nitrogens with one attached hydrogen (secondary N) is 2. The molecular weight excluding hydrogens is 367 g/mol. The lowest BCUT2D eigenvalue weighted by Crippen LogP contribution is -2.44. The van der Waals surface area contributed by atoms with Gasteiger partial charge in [-0.2, -0.15) is 0 Å². The number of piperidine rings is 1. The van der Waals surface area contributed by atoms with Gasteiger partial charge in [0, 0.05) is 26.7 Å². The molecule has 29 heavy (non-hydrogen) atoms. The molecule has 2 N–H and O–H groups in total. The molecular formula is C23H31FN4O. The second kappa shape index (κ2) is 10.8. The Bertz CT molecular complexity index is 797. The summed E-state index contributed by atoms with van der Waals surface area (Å²) in [5, 5.41) is 6.73. The van der Waals surface area contributed by atoms with Crippen LogP contribution in [0.15, 0.2) is 53.5 Å². The molecule has 0 aliphatic carbocycles. The zero-order chi connectivity index (χ0) is 20.5. The van der Waals surface area contributed by atoms with E-state index in [1.807, 2.05) is 24.3 Å². The van der Waals surface area contributed by atoms with Crippen molar-refractivity contribution in [2.75, 3.05) is 40.3 Å². The highest BCUT2D eigenvalue weighted by Gasteiger charge is 2.17. The number of rotatable bonds is 7. The second-order valence-corrected chi connectivity index (χ2v) is 7.58. The van der Waals surface area contributed by atoms with Crippen LogP contribution in [-0.2, 0) is 6.42 Å². The summed E-state index contributed by atoms with van der Waals surface area (Å²) in [6, 6.07) is 14.4. The van der Waals surface area contributed by atoms with Crippen molar-refractivity contribution in [3.63, 3.8) is 0 Å². The van der Waals surface area contributed by atoms with Crippen LogP contribution < -0.4 is 15.4 Å². The Kier molecular flexibility index (Phi) is 7.87. The molecule has 0 amide bonds. The molecule has 1 fully saturated rings. The maximum atomic E-state index is 14.4. The van der Waals surface area contributed by atoms with E-state index in [2.05, 4.69) is 27.6 Å². The van der Waals surface area contributed by atoms with E-state index in [0.29, 0.717) is 24.6 Å². The monoisotopic (exact) mass is 398 g/mol. The molecule has 1 aliphatic rings. The van der Waals surface area contributed by atoms with Gasteiger partial charge in [0.2, 0.25) is 0 Å². The summed E-state index contributed by atoms with van der Waals surface area (Å²) in [7, 11) is 3.95. The van der Waals surface area contributed by atoms with Crippen molar-refractivity contribution in [2.24, 2.45) is 10.9 Å². The Morgan fingerprint density at radius 1 is 1.21 bits per heavy atom. The molecule has 3 rings (SSSR count). The van der Waals surface area contributed by atoms with Crippen molar-refractivity contribution < 1.29 is 9.13 Å². The zero-order valence-electron chi connectivity index (χ0n) is 17.3. The molecule has 2 aromatic carbocycles. The number of guanidine groups is 1. The van der Waals surface area contributed by atoms with Crippen LogP contribution in [0, 0.1) is 11.7 Å². The third-order valence-corrected chi connectivity index (χ3v) is 5.18. The van der Waals surface area contributed by atoms with Crippen LogP contribution in [0.2, 0.25) is 0 Å². The average Bonchev–Trinajstić information content (AvgIpc) is 2.73. The van der Waals surface area contributed by atoms with E-state index < -0.39 is 0 Å². The molecule has 6 heteroatoms. The highest BCUT2D eigenvalue weighted by Crippen LogP contribution is 2.25. The molecule has 156 valence electrons. The quantitative estimate of drug-likeness (QED) is 0.552. The van der Waals surface area contributed by atoms with Gasteiger partial charge in [-0.05, 0) is 68.6 Å². The van der Waals surface area contributed by atoms with Crippen LogP contribution in [0.3, 0.4) is 0 Å². The molecule has 0 saturated carbocycles. The Hall–Kier alpha value is -2.60. The van der Waals surface area contributed by atoms with Crippen molar-refractivity contribution >= 4 is 5.96 Å². The van der Waals surface area contributed by atoms with E-state index in [1.54, 1.807) is 25.2 Å². The minimum Gasteiger partial charge on any atom is -0.454 e. The number of aliphatic imine (C=N–C) groups is 1. The summed E-state index contributed by atoms with van der Waals surface area (Å²) < 4.78 is 20.0. The SMILES string of the molecule is CN=C(NCCc1ccc(Oc2ccccc2)c(F)c1)NCC1CCCN(C)C1. The molecule has 1 aliphatic heterocycles. The van der Waals surface area contributed by atoms with Crippen molar-refractivity contribution in [3.05, 3.63) is 59.9 Å². The summed E-state index contributed by atoms with van der Waals surface area (Å²) in [5.74, 6) is 1.96. The van der Waals surface area contributed by atoms with Crippen molar-refractivity contribution in [1.82, 2.24) is 15.5 Å². The summed E-state index contributed by atoms with van der Waals surface area (Å²) in [6.45, 7) is 3.92. The van der Waals surface area contributed by atoms with E-state index >= 15 is 0 Å². The first-order chi connectivity index (χ1) is 14.1. The third kappa shape index (κ3) is 6.75. The minimum absolute atomic E-state index is 0.239. The Labute approximate surface area is 173 Å². The zero-order valence-corrected chi connectivity index (χ0v) is 17.3. The molecule has 1 heterocycles. The van der Waals surface area contributed by atoms with Crippen molar-refractivity contribution in [2.45, 2.75) is 19.3 Å². The van der Waals surface area contributed by atoms with Gasteiger partial charge >= 0.3 is 0 Å². The fraction of sp³-hybridized carbons (Fsp3) is 0.435. The molecule has 5 nitrogen and oxygen atoms in total. The van der Waals surface area contributed by atoms with Crippen LogP contribution >= 0.6 is 0 Å². The smallest absolute Gasteiger partial charge is 0.190 e. The van der Waals surface area contributed by atoms with Gasteiger partial charge in [0.05, 0.1) is 0 Å². The van der Waals surface area contributed by atoms with Gasteiger partial charge in [0.1, 0.15) is 5.75 Å². The van der Waals surface area contributed by atoms with Crippen LogP contribution in [0.4, 0.5) is 4.39 Å². The van der Waals surface area contributed by atoms with E-state index in [1.165, 1.54) is 25.5 Å². The maximum absolute atomic E-state index is 14.4. The molecule has 1 atom stereocenters. The van der Waals surface area contributed by atoms with Gasteiger partial charge < -0.3 is 20.3 Å². The van der Waals surface area contributed by atoms with Gasteiger partial charge in [-0.15, -0.1) is 0 Å². The van der Waals surface area contributed by atoms with E-state index in [9.17, 15) is 4.39 Å². The third-order valence-electron chi connectivity index (χ3n) is 5.18. The summed E-state index contributed by atoms with van der Waals surface area (Å²) in [6.07, 6.45) is 3.21. The van der Waals surface area contributed by atoms with Crippen LogP contribution in [-0.4, -0.2) is 51.1 Å². The predicted molar refractivity (Wildman–Crippen MR) is 116 cm³/mol. The summed E-state index contributed by atoms with van der Waals surface area (Å²) in [4.78, 5) is 6.67. The topological polar surface area (TPSA) is 48.9 Å². The fourth-order valence-corrected chi connectivity index (χ4v) is 3.62. The second-order valence-electron chi connectivity index (χ2n) is 7.58. The molecule has 1 unspecified atom stereocenters. The van der Waals surface area contributed by atoms with E-state index in [0.717, 1.165) is 24.6 Å². The number of para-hydroxylation sites is 1. The van der Waals surface area contributed by atoms with Crippen LogP contribution in [0.5, 0.6) is 11.5 Å². The lowest BCUT2D eigenvalue weighted by Gasteiger charge is -2.30. The van der Waals surface area contributed by atoms with Crippen molar-refractivity contribution in [3.8, 4) is 11.5 Å². The van der Waals surface area contributed by atoms with Gasteiger partial charge in [0.25, 0.3) is 0 Å². The number of benzene rings is 2. The van der Waals surface area contributed by atoms with E-state index in [-0.39, 0.29) is 11.6 Å². The summed E-state index contributed by atoms with van der Waals surface area (Å²) in [5.41, 5.74) is 0.916. The molecule has 0 bridgehead atoms. The standard InChI is InChI=1S/C23H31FN4O/c1-25-23(27-16-19-7-6-14-28(2)17-19)26-13-12-18-10-11-22(21(24)15-18)29-20-8-4-3-5-9-20/h3-5,8-11,15,19H,6-7,12-14,16-17H2,1-2H3,(H2,25,26,27). The number of likely N-dealkylation sites (tertiary alicyclic amines) is 1. The van der Waals surface area contributed by atoms with Crippen LogP contribution in [0.1, 0.15) is 18.4 Å². The normalized spacial score (nSPS) is 17.8. The van der Waals surface area contributed by atoms with Gasteiger partial charge in [-0.25, -0.2) is 4.39 Å². The predicted octanol–water partition coefficient (Wildman–Crippen LogP) is 3.67. The minimum atomic E-state index is -0.352. The lowest BCUT2D eigenvalue weighted by molar-refractivity contribution is 0.210. The maximum Gasteiger partial charge on any atom is 0.190 e. The number of hydrogen-bond donors (Lipinski definition) is 2. The largest absolute Gasteiger partial charge is 0.454 e. The number of hydrogen-bond acceptors (Lipinski definition) is 3. The Morgan fingerprint density at radius 3 is 2.76 bits per heavy atom. The van der Waals surface area contributed by atoms with Crippen LogP contribution in [0.25, 0.3) is 0 Å². The van der Waals surface area contributed by atoms with Crippen molar-refractivity contribution in [1.29, 1.82) is 0 Å². The first-order valence-electron chi connectivity index (χ1n) is 10.3. The molecule has 0 spiro atoms. The molecule has 1 saturated heterocycles. The fourth-order valence-electron chi connectivity index (χ4n) is 3.62. The molecule has 0 radical (unpaired) electrons. The first-order valence-corrected chi connectivity index (χ1v) is 10.3. The van der Waals surface area contributed by atoms with Gasteiger partial charge in [0.15, 0.2) is 17.5 Å². The summed E-state index contributed by atoms with van der Waals surface area (Å²) >= 11 is 0. The highest BCUT2D eigenvalue weighted by atomic mass is 19.1. The van der Waals surface area contributed by atoms with E-state index in [4.69, 9.17) is 4.74 Å². The average molecular weight is 399 g/mol. The molecule has 2 aromatic rings. The number of nitrogens with zero attached hydrogens (tertiary/aromatic N) is 2. The lowest BCUT2D eigenvalue weighted by atomic mass is 9.99. The first kappa shape index (κ1) is 21.1. The molecule has 0 aromatic heterocycles. The number of ether oxygens (including phenoxy) is 1. The Morgan fingerprint density at radius 2 is 2.03 bits per heavy atom. The highest BCUT2D eigenvalue weighted by molar-refractivity contribution is 5.79.